The normalized spacial score (nSPS) is 15.8. The Morgan fingerprint density at radius 3 is 2.79 bits per heavy atom. The Labute approximate surface area is 143 Å². The van der Waals surface area contributed by atoms with Gasteiger partial charge in [-0.3, -0.25) is 4.79 Å². The van der Waals surface area contributed by atoms with Crippen LogP contribution in [-0.2, 0) is 9.53 Å². The molecule has 0 unspecified atom stereocenters. The monoisotopic (exact) mass is 344 g/mol. The van der Waals surface area contributed by atoms with Crippen LogP contribution in [0.15, 0.2) is 35.4 Å². The lowest BCUT2D eigenvalue weighted by atomic mass is 10.1. The van der Waals surface area contributed by atoms with Crippen molar-refractivity contribution in [2.75, 3.05) is 7.11 Å². The highest BCUT2D eigenvalue weighted by atomic mass is 32.1. The predicted octanol–water partition coefficient (Wildman–Crippen LogP) is 3.61. The quantitative estimate of drug-likeness (QED) is 0.626. The van der Waals surface area contributed by atoms with E-state index in [4.69, 9.17) is 9.47 Å². The molecule has 0 saturated heterocycles. The smallest absolute Gasteiger partial charge is 0.346 e. The second-order valence-corrected chi connectivity index (χ2v) is 6.30. The fraction of sp³-hybridized carbons (Fsp3) is 0.222. The van der Waals surface area contributed by atoms with E-state index in [2.05, 4.69) is 4.74 Å². The molecule has 6 heteroatoms. The second kappa shape index (κ2) is 6.49. The third-order valence-corrected chi connectivity index (χ3v) is 4.62. The van der Waals surface area contributed by atoms with Crippen molar-refractivity contribution >= 4 is 29.2 Å². The van der Waals surface area contributed by atoms with Gasteiger partial charge >= 0.3 is 5.97 Å². The number of thiophene rings is 1. The Morgan fingerprint density at radius 2 is 2.12 bits per heavy atom. The van der Waals surface area contributed by atoms with Gasteiger partial charge in [-0.25, -0.2) is 4.79 Å². The van der Waals surface area contributed by atoms with E-state index in [-0.39, 0.29) is 11.5 Å². The Bertz CT molecular complexity index is 834. The number of Topliss-reactive ketones (excluding diaryl/α,β-unsaturated/α-hetero) is 1. The highest BCUT2D eigenvalue weighted by Gasteiger charge is 2.28. The van der Waals surface area contributed by atoms with Crippen molar-refractivity contribution in [2.24, 2.45) is 0 Å². The molecule has 5 nitrogen and oxygen atoms in total. The fourth-order valence-corrected chi connectivity index (χ4v) is 3.16. The number of benzene rings is 1. The molecule has 1 aromatic heterocycles. The number of ether oxygens (including phenoxy) is 3. The Balaban J connectivity index is 1.83. The van der Waals surface area contributed by atoms with Crippen LogP contribution < -0.4 is 9.47 Å². The lowest BCUT2D eigenvalue weighted by Gasteiger charge is -2.12. The first-order chi connectivity index (χ1) is 11.5. The Kier molecular flexibility index (Phi) is 4.40. The molecule has 1 aliphatic heterocycles. The molecule has 0 aliphatic carbocycles. The van der Waals surface area contributed by atoms with Crippen LogP contribution in [0.5, 0.6) is 11.5 Å². The average Bonchev–Trinajstić information content (AvgIpc) is 3.11. The summed E-state index contributed by atoms with van der Waals surface area (Å²) in [6.45, 7) is 3.57. The third kappa shape index (κ3) is 3.05. The van der Waals surface area contributed by atoms with Crippen LogP contribution in [-0.4, -0.2) is 25.0 Å². The molecule has 0 spiro atoms. The second-order valence-electron chi connectivity index (χ2n) is 5.35. The number of carbonyl (C=O) groups is 2. The first-order valence-corrected chi connectivity index (χ1v) is 8.24. The Morgan fingerprint density at radius 1 is 1.33 bits per heavy atom. The van der Waals surface area contributed by atoms with Gasteiger partial charge in [-0.05, 0) is 43.0 Å². The number of rotatable bonds is 4. The van der Waals surface area contributed by atoms with Crippen LogP contribution in [0.1, 0.15) is 27.7 Å². The zero-order valence-corrected chi connectivity index (χ0v) is 14.3. The lowest BCUT2D eigenvalue weighted by molar-refractivity contribution is -0.147. The van der Waals surface area contributed by atoms with E-state index in [1.165, 1.54) is 7.11 Å². The van der Waals surface area contributed by atoms with Crippen LogP contribution in [0, 0.1) is 6.92 Å². The molecule has 2 heterocycles. The summed E-state index contributed by atoms with van der Waals surface area (Å²) < 4.78 is 15.8. The SMILES string of the molecule is COC(=O)[C@H](C)Oc1ccc2c(c1)OC(=Cc1sccc1C)C2=O. The molecule has 0 N–H and O–H groups in total. The molecule has 0 fully saturated rings. The van der Waals surface area contributed by atoms with Crippen LogP contribution in [0.4, 0.5) is 0 Å². The van der Waals surface area contributed by atoms with Crippen LogP contribution in [0.2, 0.25) is 0 Å². The van der Waals surface area contributed by atoms with E-state index in [9.17, 15) is 9.59 Å². The number of allylic oxidation sites excluding steroid dienone is 1. The first kappa shape index (κ1) is 16.3. The molecular weight excluding hydrogens is 328 g/mol. The van der Waals surface area contributed by atoms with Gasteiger partial charge in [-0.15, -0.1) is 11.3 Å². The molecule has 124 valence electrons. The molecule has 3 rings (SSSR count). The summed E-state index contributed by atoms with van der Waals surface area (Å²) in [5, 5.41) is 1.97. The van der Waals surface area contributed by atoms with E-state index in [1.54, 1.807) is 42.5 Å². The summed E-state index contributed by atoms with van der Waals surface area (Å²) in [5.41, 5.74) is 1.57. The van der Waals surface area contributed by atoms with Crippen molar-refractivity contribution < 1.29 is 23.8 Å². The molecule has 0 radical (unpaired) electrons. The largest absolute Gasteiger partial charge is 0.479 e. The maximum Gasteiger partial charge on any atom is 0.346 e. The molecule has 1 aliphatic rings. The summed E-state index contributed by atoms with van der Waals surface area (Å²) in [6.07, 6.45) is 1.01. The number of esters is 1. The molecule has 0 saturated carbocycles. The van der Waals surface area contributed by atoms with Crippen molar-refractivity contribution in [3.05, 3.63) is 51.4 Å². The zero-order chi connectivity index (χ0) is 17.3. The number of carbonyl (C=O) groups excluding carboxylic acids is 2. The van der Waals surface area contributed by atoms with Crippen molar-refractivity contribution in [3.8, 4) is 11.5 Å². The highest BCUT2D eigenvalue weighted by Crippen LogP contribution is 2.35. The minimum Gasteiger partial charge on any atom is -0.479 e. The highest BCUT2D eigenvalue weighted by molar-refractivity contribution is 7.11. The predicted molar refractivity (Wildman–Crippen MR) is 90.5 cm³/mol. The van der Waals surface area contributed by atoms with Crippen LogP contribution in [0.25, 0.3) is 6.08 Å². The van der Waals surface area contributed by atoms with E-state index < -0.39 is 12.1 Å². The number of ketones is 1. The molecule has 24 heavy (non-hydrogen) atoms. The van der Waals surface area contributed by atoms with Gasteiger partial charge < -0.3 is 14.2 Å². The third-order valence-electron chi connectivity index (χ3n) is 3.65. The number of hydrogen-bond acceptors (Lipinski definition) is 6. The zero-order valence-electron chi connectivity index (χ0n) is 13.5. The lowest BCUT2D eigenvalue weighted by Crippen LogP contribution is -2.24. The Hall–Kier alpha value is -2.60. The maximum absolute atomic E-state index is 12.4. The van der Waals surface area contributed by atoms with Gasteiger partial charge in [-0.1, -0.05) is 0 Å². The van der Waals surface area contributed by atoms with E-state index in [1.807, 2.05) is 18.4 Å². The van der Waals surface area contributed by atoms with Gasteiger partial charge in [0.05, 0.1) is 12.7 Å². The number of aryl methyl sites for hydroxylation is 1. The van der Waals surface area contributed by atoms with Gasteiger partial charge in [-0.2, -0.15) is 0 Å². The van der Waals surface area contributed by atoms with Gasteiger partial charge in [0.2, 0.25) is 5.78 Å². The van der Waals surface area contributed by atoms with E-state index >= 15 is 0 Å². The van der Waals surface area contributed by atoms with Crippen molar-refractivity contribution in [1.82, 2.24) is 0 Å². The standard InChI is InChI=1S/C18H16O5S/c1-10-6-7-24-16(10)9-15-17(19)13-5-4-12(8-14(13)23-15)22-11(2)18(20)21-3/h4-9,11H,1-3H3/t11-/m0/s1. The molecular formula is C18H16O5S. The number of methoxy groups -OCH3 is 1. The van der Waals surface area contributed by atoms with Crippen LogP contribution in [0.3, 0.4) is 0 Å². The summed E-state index contributed by atoms with van der Waals surface area (Å²) in [6, 6.07) is 6.87. The van der Waals surface area contributed by atoms with Crippen molar-refractivity contribution in [2.45, 2.75) is 20.0 Å². The maximum atomic E-state index is 12.4. The molecule has 1 atom stereocenters. The first-order valence-electron chi connectivity index (χ1n) is 7.36. The molecule has 1 aromatic carbocycles. The molecule has 0 amide bonds. The van der Waals surface area contributed by atoms with Crippen molar-refractivity contribution in [1.29, 1.82) is 0 Å². The average molecular weight is 344 g/mol. The number of fused-ring (bicyclic) bond motifs is 1. The summed E-state index contributed by atoms with van der Waals surface area (Å²) in [4.78, 5) is 24.8. The summed E-state index contributed by atoms with van der Waals surface area (Å²) in [5.74, 6) is 0.517. The molecule has 2 aromatic rings. The summed E-state index contributed by atoms with van der Waals surface area (Å²) in [7, 11) is 1.30. The molecule has 0 bridgehead atoms. The minimum atomic E-state index is -0.742. The van der Waals surface area contributed by atoms with E-state index in [0.29, 0.717) is 17.1 Å². The topological polar surface area (TPSA) is 61.8 Å². The van der Waals surface area contributed by atoms with Crippen LogP contribution >= 0.6 is 11.3 Å². The van der Waals surface area contributed by atoms with Gasteiger partial charge in [0.15, 0.2) is 11.9 Å². The number of hydrogen-bond donors (Lipinski definition) is 0. The van der Waals surface area contributed by atoms with Gasteiger partial charge in [0.1, 0.15) is 11.5 Å². The van der Waals surface area contributed by atoms with Crippen molar-refractivity contribution in [3.63, 3.8) is 0 Å². The summed E-state index contributed by atoms with van der Waals surface area (Å²) >= 11 is 1.55. The van der Waals surface area contributed by atoms with Gasteiger partial charge in [0.25, 0.3) is 0 Å². The van der Waals surface area contributed by atoms with E-state index in [0.717, 1.165) is 10.4 Å². The fourth-order valence-electron chi connectivity index (χ4n) is 2.31. The minimum absolute atomic E-state index is 0.162. The van der Waals surface area contributed by atoms with Gasteiger partial charge in [0, 0.05) is 17.0 Å².